The minimum atomic E-state index is -1.34. The van der Waals surface area contributed by atoms with E-state index in [0.717, 1.165) is 19.3 Å². The van der Waals surface area contributed by atoms with Crippen molar-refractivity contribution in [1.82, 2.24) is 5.32 Å². The van der Waals surface area contributed by atoms with Crippen LogP contribution >= 0.6 is 0 Å². The topological polar surface area (TPSA) is 104 Å². The number of amides is 1. The smallest absolute Gasteiger partial charge is 1.00 e. The van der Waals surface area contributed by atoms with Crippen molar-refractivity contribution in [3.63, 3.8) is 0 Å². The van der Waals surface area contributed by atoms with Gasteiger partial charge in [-0.3, -0.25) is 9.59 Å². The molecule has 118 valence electrons. The van der Waals surface area contributed by atoms with Crippen LogP contribution in [0.1, 0.15) is 66.1 Å². The molecule has 6 nitrogen and oxygen atoms in total. The second-order valence-corrected chi connectivity index (χ2v) is 4.93. The summed E-state index contributed by atoms with van der Waals surface area (Å²) in [7, 11) is 0. The molecule has 0 heterocycles. The van der Waals surface area contributed by atoms with E-state index in [-0.39, 0.29) is 37.4 Å². The van der Waals surface area contributed by atoms with E-state index in [0.29, 0.717) is 6.42 Å². The normalized spacial score (nSPS) is 11.3. The molecule has 0 aromatic rings. The zero-order valence-electron chi connectivity index (χ0n) is 14.1. The van der Waals surface area contributed by atoms with Crippen molar-refractivity contribution in [2.24, 2.45) is 0 Å². The van der Waals surface area contributed by atoms with Crippen LogP contribution in [0.3, 0.4) is 0 Å². The molecule has 3 N–H and O–H groups in total. The maximum absolute atomic E-state index is 11.5. The van der Waals surface area contributed by atoms with Gasteiger partial charge in [0.1, 0.15) is 6.04 Å². The van der Waals surface area contributed by atoms with Gasteiger partial charge in [0.15, 0.2) is 0 Å². The van der Waals surface area contributed by atoms with Gasteiger partial charge in [0.25, 0.3) is 0 Å². The molecular formula is C14H26NNaO5. The molecule has 0 aliphatic heterocycles. The number of nitrogens with one attached hydrogen (secondary N) is 1. The Labute approximate surface area is 149 Å². The van der Waals surface area contributed by atoms with Crippen LogP contribution in [-0.4, -0.2) is 34.1 Å². The van der Waals surface area contributed by atoms with Crippen LogP contribution in [0.15, 0.2) is 0 Å². The van der Waals surface area contributed by atoms with Gasteiger partial charge in [-0.2, -0.15) is 0 Å². The summed E-state index contributed by atoms with van der Waals surface area (Å²) < 4.78 is 0. The molecule has 1 atom stereocenters. The van der Waals surface area contributed by atoms with Crippen molar-refractivity contribution in [1.29, 1.82) is 0 Å². The van der Waals surface area contributed by atoms with Crippen LogP contribution in [0.25, 0.3) is 0 Å². The van der Waals surface area contributed by atoms with Crippen molar-refractivity contribution < 1.29 is 55.6 Å². The van der Waals surface area contributed by atoms with Crippen LogP contribution in [0.2, 0.25) is 0 Å². The molecule has 0 aliphatic rings. The van der Waals surface area contributed by atoms with Crippen LogP contribution < -0.4 is 34.9 Å². The Morgan fingerprint density at radius 3 is 2.00 bits per heavy atom. The number of unbranched alkanes of at least 4 members (excludes halogenated alkanes) is 6. The van der Waals surface area contributed by atoms with Gasteiger partial charge < -0.3 is 17.0 Å². The molecule has 0 aliphatic carbocycles. The number of carbonyl (C=O) groups is 3. The Kier molecular flexibility index (Phi) is 15.5. The van der Waals surface area contributed by atoms with Gasteiger partial charge in [0, 0.05) is 6.42 Å². The second-order valence-electron chi connectivity index (χ2n) is 4.93. The molecule has 1 unspecified atom stereocenters. The monoisotopic (exact) mass is 311 g/mol. The summed E-state index contributed by atoms with van der Waals surface area (Å²) in [4.78, 5) is 32.7. The number of rotatable bonds is 12. The first kappa shape index (κ1) is 22.7. The predicted octanol–water partition coefficient (Wildman–Crippen LogP) is -0.712. The summed E-state index contributed by atoms with van der Waals surface area (Å²) in [5, 5.41) is 19.6. The third kappa shape index (κ3) is 14.1. The quantitative estimate of drug-likeness (QED) is 0.326. The molecule has 0 spiro atoms. The Morgan fingerprint density at radius 1 is 1.00 bits per heavy atom. The molecule has 0 fully saturated rings. The minimum absolute atomic E-state index is 0. The number of carboxylic acids is 2. The van der Waals surface area contributed by atoms with E-state index >= 15 is 0 Å². The van der Waals surface area contributed by atoms with E-state index in [1.807, 2.05) is 0 Å². The van der Waals surface area contributed by atoms with Crippen LogP contribution in [-0.2, 0) is 14.4 Å². The Bertz CT molecular complexity index is 328. The molecule has 0 saturated carbocycles. The summed E-state index contributed by atoms with van der Waals surface area (Å²) >= 11 is 0. The van der Waals surface area contributed by atoms with Gasteiger partial charge in [-0.15, -0.1) is 0 Å². The van der Waals surface area contributed by atoms with Gasteiger partial charge in [-0.05, 0) is 6.42 Å². The van der Waals surface area contributed by atoms with E-state index in [1.54, 1.807) is 0 Å². The summed E-state index contributed by atoms with van der Waals surface area (Å²) in [6.07, 6.45) is 7.17. The summed E-state index contributed by atoms with van der Waals surface area (Å²) in [6, 6.07) is -1.34. The molecule has 0 saturated heterocycles. The standard InChI is InChI=1S/C14H25NO5.Na.H/c1-2-3-4-5-6-7-8-9-12(16)15-11(14(19)20)10-13(17)18;;/h11H,2-10H2,1H3,(H,15,16)(H,17,18)(H,19,20);;/q;+1;-1. The third-order valence-electron chi connectivity index (χ3n) is 3.02. The van der Waals surface area contributed by atoms with Gasteiger partial charge >= 0.3 is 41.5 Å². The molecule has 0 aromatic heterocycles. The van der Waals surface area contributed by atoms with Crippen LogP contribution in [0.4, 0.5) is 0 Å². The molecule has 0 aromatic carbocycles. The van der Waals surface area contributed by atoms with Crippen LogP contribution in [0.5, 0.6) is 0 Å². The number of aliphatic carboxylic acids is 2. The summed E-state index contributed by atoms with van der Waals surface area (Å²) in [5.41, 5.74) is 0. The van der Waals surface area contributed by atoms with Crippen LogP contribution in [0, 0.1) is 0 Å². The van der Waals surface area contributed by atoms with E-state index in [1.165, 1.54) is 19.3 Å². The Balaban J connectivity index is -0.00000180. The maximum Gasteiger partial charge on any atom is 1.00 e. The molecular weight excluding hydrogens is 285 g/mol. The average Bonchev–Trinajstić information content (AvgIpc) is 2.36. The van der Waals surface area contributed by atoms with Gasteiger partial charge in [-0.1, -0.05) is 45.4 Å². The molecule has 0 bridgehead atoms. The first-order valence-electron chi connectivity index (χ1n) is 7.21. The average molecular weight is 311 g/mol. The zero-order chi connectivity index (χ0) is 15.4. The number of hydrogen-bond acceptors (Lipinski definition) is 3. The second kappa shape index (κ2) is 14.4. The van der Waals surface area contributed by atoms with Crippen molar-refractivity contribution in [3.05, 3.63) is 0 Å². The Hall–Kier alpha value is -0.590. The Morgan fingerprint density at radius 2 is 1.52 bits per heavy atom. The van der Waals surface area contributed by atoms with Gasteiger partial charge in [-0.25, -0.2) is 4.79 Å². The fourth-order valence-electron chi connectivity index (χ4n) is 1.88. The third-order valence-corrected chi connectivity index (χ3v) is 3.02. The molecule has 21 heavy (non-hydrogen) atoms. The maximum atomic E-state index is 11.5. The number of hydrogen-bond donors (Lipinski definition) is 3. The number of carboxylic acid groups (broad SMARTS) is 2. The van der Waals surface area contributed by atoms with Gasteiger partial charge in [0.05, 0.1) is 6.42 Å². The first-order valence-corrected chi connectivity index (χ1v) is 7.21. The number of carbonyl (C=O) groups excluding carboxylic acids is 1. The molecule has 0 rings (SSSR count). The first-order chi connectivity index (χ1) is 9.47. The van der Waals surface area contributed by atoms with E-state index in [2.05, 4.69) is 12.2 Å². The molecule has 0 radical (unpaired) electrons. The van der Waals surface area contributed by atoms with E-state index in [9.17, 15) is 14.4 Å². The summed E-state index contributed by atoms with van der Waals surface area (Å²) in [6.45, 7) is 2.15. The van der Waals surface area contributed by atoms with Crippen molar-refractivity contribution >= 4 is 17.8 Å². The zero-order valence-corrected chi connectivity index (χ0v) is 15.1. The summed E-state index contributed by atoms with van der Waals surface area (Å²) in [5.74, 6) is -2.96. The fourth-order valence-corrected chi connectivity index (χ4v) is 1.88. The fraction of sp³-hybridized carbons (Fsp3) is 0.786. The van der Waals surface area contributed by atoms with Gasteiger partial charge in [0.2, 0.25) is 5.91 Å². The van der Waals surface area contributed by atoms with Crippen molar-refractivity contribution in [2.45, 2.75) is 70.8 Å². The SMILES string of the molecule is CCCCCCCCCC(=O)NC(CC(=O)O)C(=O)O.[H-].[Na+]. The van der Waals surface area contributed by atoms with Crippen molar-refractivity contribution in [2.75, 3.05) is 0 Å². The predicted molar refractivity (Wildman–Crippen MR) is 75.5 cm³/mol. The van der Waals surface area contributed by atoms with E-state index < -0.39 is 30.3 Å². The van der Waals surface area contributed by atoms with E-state index in [4.69, 9.17) is 10.2 Å². The van der Waals surface area contributed by atoms with Crippen molar-refractivity contribution in [3.8, 4) is 0 Å². The molecule has 1 amide bonds. The largest absolute Gasteiger partial charge is 1.00 e. The molecule has 7 heteroatoms. The minimum Gasteiger partial charge on any atom is -1.00 e.